The third kappa shape index (κ3) is 5.57. The van der Waals surface area contributed by atoms with Gasteiger partial charge in [-0.2, -0.15) is 13.2 Å². The van der Waals surface area contributed by atoms with E-state index in [4.69, 9.17) is 4.74 Å². The molecule has 0 spiro atoms. The summed E-state index contributed by atoms with van der Waals surface area (Å²) >= 11 is 1.25. The molecule has 1 fully saturated rings. The summed E-state index contributed by atoms with van der Waals surface area (Å²) in [5.74, 6) is 0.783. The standard InChI is InChI=1S/C23H23F3N4O2S/c1-32-20-8-3-2-7-19(20)29-9-11-30(12-10-29)21(31)14-18-15-33-22(28-18)27-17-6-4-5-16(13-17)23(24,25)26/h2-8,13,15H,9-12,14H2,1H3,(H,27,28). The van der Waals surface area contributed by atoms with Gasteiger partial charge in [0.2, 0.25) is 5.91 Å². The number of carbonyl (C=O) groups is 1. The minimum absolute atomic E-state index is 0.0226. The average Bonchev–Trinajstić information content (AvgIpc) is 3.25. The highest BCUT2D eigenvalue weighted by Crippen LogP contribution is 2.32. The normalized spacial score (nSPS) is 14.3. The molecule has 0 aliphatic carbocycles. The van der Waals surface area contributed by atoms with E-state index in [1.54, 1.807) is 18.6 Å². The van der Waals surface area contributed by atoms with E-state index in [9.17, 15) is 18.0 Å². The van der Waals surface area contributed by atoms with Gasteiger partial charge in [-0.15, -0.1) is 11.3 Å². The van der Waals surface area contributed by atoms with E-state index in [1.807, 2.05) is 29.2 Å². The molecule has 1 saturated heterocycles. The lowest BCUT2D eigenvalue weighted by Gasteiger charge is -2.36. The van der Waals surface area contributed by atoms with E-state index < -0.39 is 11.7 Å². The largest absolute Gasteiger partial charge is 0.495 e. The van der Waals surface area contributed by atoms with Gasteiger partial charge in [0.15, 0.2) is 5.13 Å². The van der Waals surface area contributed by atoms with Crippen molar-refractivity contribution < 1.29 is 22.7 Å². The first-order valence-corrected chi connectivity index (χ1v) is 11.3. The quantitative estimate of drug-likeness (QED) is 0.554. The number of rotatable bonds is 6. The van der Waals surface area contributed by atoms with Gasteiger partial charge in [-0.1, -0.05) is 18.2 Å². The molecule has 1 aromatic heterocycles. The molecule has 10 heteroatoms. The van der Waals surface area contributed by atoms with Crippen LogP contribution in [-0.2, 0) is 17.4 Å². The van der Waals surface area contributed by atoms with Crippen molar-refractivity contribution in [3.63, 3.8) is 0 Å². The monoisotopic (exact) mass is 476 g/mol. The second kappa shape index (κ2) is 9.70. The molecule has 174 valence electrons. The molecule has 1 amide bonds. The summed E-state index contributed by atoms with van der Waals surface area (Å²) in [4.78, 5) is 21.1. The van der Waals surface area contributed by atoms with Gasteiger partial charge < -0.3 is 19.9 Å². The zero-order chi connectivity index (χ0) is 23.4. The Kier molecular flexibility index (Phi) is 6.73. The number of alkyl halides is 3. The van der Waals surface area contributed by atoms with Crippen LogP contribution in [0.15, 0.2) is 53.9 Å². The number of anilines is 3. The summed E-state index contributed by atoms with van der Waals surface area (Å²) in [5.41, 5.74) is 1.17. The number of nitrogens with one attached hydrogen (secondary N) is 1. The molecule has 3 aromatic rings. The van der Waals surface area contributed by atoms with Crippen molar-refractivity contribution in [1.29, 1.82) is 0 Å². The zero-order valence-electron chi connectivity index (χ0n) is 17.9. The molecular weight excluding hydrogens is 453 g/mol. The van der Waals surface area contributed by atoms with E-state index in [0.29, 0.717) is 42.7 Å². The Morgan fingerprint density at radius 3 is 2.61 bits per heavy atom. The van der Waals surface area contributed by atoms with Crippen LogP contribution in [0.2, 0.25) is 0 Å². The second-order valence-electron chi connectivity index (χ2n) is 7.56. The topological polar surface area (TPSA) is 57.7 Å². The second-order valence-corrected chi connectivity index (χ2v) is 8.42. The molecular formula is C23H23F3N4O2S. The number of methoxy groups -OCH3 is 1. The predicted octanol–water partition coefficient (Wildman–Crippen LogP) is 4.81. The number of nitrogens with zero attached hydrogens (tertiary/aromatic N) is 3. The van der Waals surface area contributed by atoms with E-state index in [2.05, 4.69) is 15.2 Å². The van der Waals surface area contributed by atoms with E-state index in [1.165, 1.54) is 17.4 Å². The highest BCUT2D eigenvalue weighted by atomic mass is 32.1. The van der Waals surface area contributed by atoms with E-state index in [-0.39, 0.29) is 12.3 Å². The van der Waals surface area contributed by atoms with E-state index in [0.717, 1.165) is 23.6 Å². The maximum atomic E-state index is 12.9. The molecule has 2 aromatic carbocycles. The lowest BCUT2D eigenvalue weighted by atomic mass is 10.2. The number of ether oxygens (including phenoxy) is 1. The first kappa shape index (κ1) is 22.9. The van der Waals surface area contributed by atoms with Crippen LogP contribution in [0.4, 0.5) is 29.7 Å². The fourth-order valence-electron chi connectivity index (χ4n) is 3.70. The molecule has 1 N–H and O–H groups in total. The van der Waals surface area contributed by atoms with Crippen molar-refractivity contribution >= 4 is 33.8 Å². The molecule has 0 bridgehead atoms. The maximum Gasteiger partial charge on any atom is 0.416 e. The number of piperazine rings is 1. The van der Waals surface area contributed by atoms with Gasteiger partial charge in [-0.25, -0.2) is 4.98 Å². The Balaban J connectivity index is 1.32. The van der Waals surface area contributed by atoms with Crippen molar-refractivity contribution in [2.24, 2.45) is 0 Å². The van der Waals surface area contributed by atoms with Crippen LogP contribution >= 0.6 is 11.3 Å². The highest BCUT2D eigenvalue weighted by Gasteiger charge is 2.30. The lowest BCUT2D eigenvalue weighted by molar-refractivity contribution is -0.137. The number of hydrogen-bond acceptors (Lipinski definition) is 6. The number of carbonyl (C=O) groups excluding carboxylic acids is 1. The van der Waals surface area contributed by atoms with Crippen LogP contribution in [0.1, 0.15) is 11.3 Å². The third-order valence-electron chi connectivity index (χ3n) is 5.38. The molecule has 6 nitrogen and oxygen atoms in total. The molecule has 1 aliphatic rings. The van der Waals surface area contributed by atoms with Crippen LogP contribution in [0, 0.1) is 0 Å². The molecule has 4 rings (SSSR count). The first-order valence-electron chi connectivity index (χ1n) is 10.4. The average molecular weight is 477 g/mol. The fourth-order valence-corrected chi connectivity index (χ4v) is 4.43. The van der Waals surface area contributed by atoms with E-state index >= 15 is 0 Å². The summed E-state index contributed by atoms with van der Waals surface area (Å²) in [6.45, 7) is 2.59. The Morgan fingerprint density at radius 2 is 1.88 bits per heavy atom. The molecule has 33 heavy (non-hydrogen) atoms. The maximum absolute atomic E-state index is 12.9. The van der Waals surface area contributed by atoms with Crippen LogP contribution in [0.5, 0.6) is 5.75 Å². The van der Waals surface area contributed by atoms with Crippen LogP contribution in [-0.4, -0.2) is 49.1 Å². The molecule has 0 atom stereocenters. The predicted molar refractivity (Wildman–Crippen MR) is 122 cm³/mol. The van der Waals surface area contributed by atoms with Crippen molar-refractivity contribution in [2.75, 3.05) is 43.5 Å². The van der Waals surface area contributed by atoms with Crippen LogP contribution in [0.3, 0.4) is 0 Å². The smallest absolute Gasteiger partial charge is 0.416 e. The summed E-state index contributed by atoms with van der Waals surface area (Å²) in [6, 6.07) is 12.7. The fraction of sp³-hybridized carbons (Fsp3) is 0.304. The number of halogens is 3. The number of para-hydroxylation sites is 2. The van der Waals surface area contributed by atoms with Gasteiger partial charge in [0.25, 0.3) is 0 Å². The number of thiazole rings is 1. The Labute approximate surface area is 193 Å². The van der Waals surface area contributed by atoms with Crippen molar-refractivity contribution in [1.82, 2.24) is 9.88 Å². The van der Waals surface area contributed by atoms with Crippen LogP contribution in [0.25, 0.3) is 0 Å². The van der Waals surface area contributed by atoms with Gasteiger partial charge in [-0.05, 0) is 30.3 Å². The summed E-state index contributed by atoms with van der Waals surface area (Å²) in [6.07, 6.45) is -4.26. The summed E-state index contributed by atoms with van der Waals surface area (Å²) in [7, 11) is 1.64. The van der Waals surface area contributed by atoms with Gasteiger partial charge in [0.1, 0.15) is 5.75 Å². The highest BCUT2D eigenvalue weighted by molar-refractivity contribution is 7.13. The molecule has 2 heterocycles. The minimum atomic E-state index is -4.41. The number of benzene rings is 2. The van der Waals surface area contributed by atoms with Gasteiger partial charge in [0, 0.05) is 37.2 Å². The SMILES string of the molecule is COc1ccccc1N1CCN(C(=O)Cc2csc(Nc3cccc(C(F)(F)F)c3)n2)CC1. The lowest BCUT2D eigenvalue weighted by Crippen LogP contribution is -2.49. The van der Waals surface area contributed by atoms with Crippen LogP contribution < -0.4 is 15.0 Å². The summed E-state index contributed by atoms with van der Waals surface area (Å²) in [5, 5.41) is 5.08. The number of hydrogen-bond donors (Lipinski definition) is 1. The third-order valence-corrected chi connectivity index (χ3v) is 6.19. The van der Waals surface area contributed by atoms with Crippen molar-refractivity contribution in [3.05, 3.63) is 65.2 Å². The molecule has 0 saturated carbocycles. The van der Waals surface area contributed by atoms with Crippen molar-refractivity contribution in [2.45, 2.75) is 12.6 Å². The minimum Gasteiger partial charge on any atom is -0.495 e. The molecule has 0 radical (unpaired) electrons. The Hall–Kier alpha value is -3.27. The van der Waals surface area contributed by atoms with Crippen molar-refractivity contribution in [3.8, 4) is 5.75 Å². The Bertz CT molecular complexity index is 1110. The Morgan fingerprint density at radius 1 is 1.12 bits per heavy atom. The number of aromatic nitrogens is 1. The molecule has 0 unspecified atom stereocenters. The first-order chi connectivity index (χ1) is 15.8. The zero-order valence-corrected chi connectivity index (χ0v) is 18.7. The molecule has 1 aliphatic heterocycles. The summed E-state index contributed by atoms with van der Waals surface area (Å²) < 4.78 is 44.1. The van der Waals surface area contributed by atoms with Gasteiger partial charge in [-0.3, -0.25) is 4.79 Å². The van der Waals surface area contributed by atoms with Gasteiger partial charge in [0.05, 0.1) is 30.5 Å². The number of amides is 1. The van der Waals surface area contributed by atoms with Gasteiger partial charge >= 0.3 is 6.18 Å².